The van der Waals surface area contributed by atoms with Gasteiger partial charge in [0.2, 0.25) is 0 Å². The van der Waals surface area contributed by atoms with E-state index in [9.17, 15) is 0 Å². The van der Waals surface area contributed by atoms with Crippen LogP contribution in [0.15, 0.2) is 17.1 Å². The Morgan fingerprint density at radius 1 is 0.964 bits per heavy atom. The Labute approximate surface area is 186 Å². The molecule has 162 valence electrons. The molecule has 0 radical (unpaired) electrons. The van der Waals surface area contributed by atoms with E-state index in [-0.39, 0.29) is 24.0 Å². The molecule has 0 atom stereocenters. The molecule has 8 heteroatoms. The van der Waals surface area contributed by atoms with Crippen molar-refractivity contribution in [2.24, 2.45) is 10.9 Å². The summed E-state index contributed by atoms with van der Waals surface area (Å²) in [5.41, 5.74) is 0.987. The Balaban J connectivity index is 0.00000729. The van der Waals surface area contributed by atoms with Crippen molar-refractivity contribution in [3.8, 4) is 17.2 Å². The summed E-state index contributed by atoms with van der Waals surface area (Å²) in [5, 5.41) is 6.55. The minimum absolute atomic E-state index is 0. The van der Waals surface area contributed by atoms with Crippen molar-refractivity contribution in [3.05, 3.63) is 17.7 Å². The number of benzene rings is 1. The number of ether oxygens (including phenoxy) is 4. The average molecular weight is 509 g/mol. The number of nitrogens with one attached hydrogen (secondary N) is 2. The highest BCUT2D eigenvalue weighted by Crippen LogP contribution is 2.34. The van der Waals surface area contributed by atoms with Gasteiger partial charge in [-0.15, -0.1) is 24.0 Å². The molecule has 0 unspecified atom stereocenters. The molecule has 0 amide bonds. The lowest BCUT2D eigenvalue weighted by Gasteiger charge is -2.16. The van der Waals surface area contributed by atoms with Crippen LogP contribution in [0.5, 0.6) is 17.2 Å². The second-order valence-electron chi connectivity index (χ2n) is 6.48. The van der Waals surface area contributed by atoms with Crippen molar-refractivity contribution >= 4 is 29.9 Å². The zero-order valence-corrected chi connectivity index (χ0v) is 20.3. The molecule has 1 aromatic carbocycles. The van der Waals surface area contributed by atoms with E-state index in [4.69, 9.17) is 18.9 Å². The van der Waals surface area contributed by atoms with Crippen molar-refractivity contribution in [2.75, 3.05) is 54.7 Å². The summed E-state index contributed by atoms with van der Waals surface area (Å²) >= 11 is 0. The van der Waals surface area contributed by atoms with Gasteiger partial charge in [0.05, 0.1) is 27.9 Å². The standard InChI is InChI=1S/C20H35N3O4.HI/c1-15(2)8-11-27-12-10-23-20(21-3)22-9-7-17-18(25-5)13-16(24-4)14-19(17)26-6;/h13-15H,7-12H2,1-6H3,(H2,21,22,23);1H. The fourth-order valence-electron chi connectivity index (χ4n) is 2.51. The summed E-state index contributed by atoms with van der Waals surface area (Å²) in [7, 11) is 6.66. The molecule has 0 spiro atoms. The quantitative estimate of drug-likeness (QED) is 0.195. The fraction of sp³-hybridized carbons (Fsp3) is 0.650. The van der Waals surface area contributed by atoms with E-state index < -0.39 is 0 Å². The van der Waals surface area contributed by atoms with Crippen molar-refractivity contribution in [3.63, 3.8) is 0 Å². The monoisotopic (exact) mass is 509 g/mol. The predicted octanol–water partition coefficient (Wildman–Crippen LogP) is 3.10. The first-order chi connectivity index (χ1) is 13.0. The molecule has 0 aromatic heterocycles. The van der Waals surface area contributed by atoms with Gasteiger partial charge in [-0.3, -0.25) is 4.99 Å². The number of nitrogens with zero attached hydrogens (tertiary/aromatic N) is 1. The van der Waals surface area contributed by atoms with Gasteiger partial charge in [-0.2, -0.15) is 0 Å². The second-order valence-corrected chi connectivity index (χ2v) is 6.48. The third-order valence-corrected chi connectivity index (χ3v) is 4.09. The van der Waals surface area contributed by atoms with E-state index in [1.165, 1.54) is 0 Å². The van der Waals surface area contributed by atoms with E-state index in [0.29, 0.717) is 31.4 Å². The molecule has 0 fully saturated rings. The van der Waals surface area contributed by atoms with Gasteiger partial charge in [0, 0.05) is 44.4 Å². The van der Waals surface area contributed by atoms with E-state index in [1.807, 2.05) is 12.1 Å². The maximum Gasteiger partial charge on any atom is 0.191 e. The predicted molar refractivity (Wildman–Crippen MR) is 125 cm³/mol. The van der Waals surface area contributed by atoms with Crippen molar-refractivity contribution in [2.45, 2.75) is 26.7 Å². The molecule has 0 saturated carbocycles. The SMILES string of the molecule is CN=C(NCCOCCC(C)C)NCCc1c(OC)cc(OC)cc1OC.I. The molecular formula is C20H36IN3O4. The summed E-state index contributed by atoms with van der Waals surface area (Å²) in [6.07, 6.45) is 1.81. The van der Waals surface area contributed by atoms with Crippen LogP contribution < -0.4 is 24.8 Å². The molecule has 1 aromatic rings. The number of guanidine groups is 1. The van der Waals surface area contributed by atoms with Crippen LogP contribution in [0.1, 0.15) is 25.8 Å². The van der Waals surface area contributed by atoms with Crippen LogP contribution >= 0.6 is 24.0 Å². The number of aliphatic imine (C=N–C) groups is 1. The average Bonchev–Trinajstić information content (AvgIpc) is 2.68. The normalized spacial score (nSPS) is 11.0. The lowest BCUT2D eigenvalue weighted by molar-refractivity contribution is 0.128. The number of hydrogen-bond acceptors (Lipinski definition) is 5. The number of halogens is 1. The molecule has 0 heterocycles. The van der Waals surface area contributed by atoms with Gasteiger partial charge in [-0.25, -0.2) is 0 Å². The Hall–Kier alpha value is -1.42. The highest BCUT2D eigenvalue weighted by atomic mass is 127. The smallest absolute Gasteiger partial charge is 0.191 e. The van der Waals surface area contributed by atoms with Gasteiger partial charge in [0.1, 0.15) is 17.2 Å². The van der Waals surface area contributed by atoms with Crippen LogP contribution in [0.3, 0.4) is 0 Å². The van der Waals surface area contributed by atoms with E-state index in [1.54, 1.807) is 28.4 Å². The number of methoxy groups -OCH3 is 3. The molecule has 0 bridgehead atoms. The highest BCUT2D eigenvalue weighted by molar-refractivity contribution is 14.0. The second kappa shape index (κ2) is 15.5. The largest absolute Gasteiger partial charge is 0.496 e. The third-order valence-electron chi connectivity index (χ3n) is 4.09. The molecule has 0 saturated heterocycles. The van der Waals surface area contributed by atoms with Crippen LogP contribution in [0.25, 0.3) is 0 Å². The van der Waals surface area contributed by atoms with Crippen LogP contribution in [0.2, 0.25) is 0 Å². The molecule has 2 N–H and O–H groups in total. The maximum absolute atomic E-state index is 5.61. The van der Waals surface area contributed by atoms with Crippen LogP contribution in [0, 0.1) is 5.92 Å². The van der Waals surface area contributed by atoms with Gasteiger partial charge in [-0.1, -0.05) is 13.8 Å². The minimum Gasteiger partial charge on any atom is -0.496 e. The third kappa shape index (κ3) is 9.68. The first kappa shape index (κ1) is 26.6. The molecular weight excluding hydrogens is 473 g/mol. The van der Waals surface area contributed by atoms with E-state index in [0.717, 1.165) is 42.5 Å². The van der Waals surface area contributed by atoms with Crippen LogP contribution in [-0.4, -0.2) is 60.6 Å². The first-order valence-electron chi connectivity index (χ1n) is 9.36. The van der Waals surface area contributed by atoms with Crippen LogP contribution in [-0.2, 0) is 11.2 Å². The van der Waals surface area contributed by atoms with Gasteiger partial charge < -0.3 is 29.6 Å². The van der Waals surface area contributed by atoms with Crippen LogP contribution in [0.4, 0.5) is 0 Å². The minimum atomic E-state index is 0. The zero-order chi connectivity index (χ0) is 20.1. The number of rotatable bonds is 12. The number of hydrogen-bond donors (Lipinski definition) is 2. The summed E-state index contributed by atoms with van der Waals surface area (Å²) in [6, 6.07) is 3.72. The molecule has 0 aliphatic carbocycles. The van der Waals surface area contributed by atoms with Gasteiger partial charge in [0.15, 0.2) is 5.96 Å². The molecule has 7 nitrogen and oxygen atoms in total. The van der Waals surface area contributed by atoms with E-state index in [2.05, 4.69) is 29.5 Å². The summed E-state index contributed by atoms with van der Waals surface area (Å²) in [4.78, 5) is 4.23. The van der Waals surface area contributed by atoms with Crippen molar-refractivity contribution < 1.29 is 18.9 Å². The topological polar surface area (TPSA) is 73.3 Å². The molecule has 0 aliphatic heterocycles. The Morgan fingerprint density at radius 2 is 1.57 bits per heavy atom. The van der Waals surface area contributed by atoms with Gasteiger partial charge >= 0.3 is 0 Å². The lowest BCUT2D eigenvalue weighted by Crippen LogP contribution is -2.39. The van der Waals surface area contributed by atoms with Crippen molar-refractivity contribution in [1.29, 1.82) is 0 Å². The fourth-order valence-corrected chi connectivity index (χ4v) is 2.51. The summed E-state index contributed by atoms with van der Waals surface area (Å²) < 4.78 is 21.9. The summed E-state index contributed by atoms with van der Waals surface area (Å²) in [5.74, 6) is 3.60. The molecule has 0 aliphatic rings. The van der Waals surface area contributed by atoms with Gasteiger partial charge in [-0.05, 0) is 18.8 Å². The highest BCUT2D eigenvalue weighted by Gasteiger charge is 2.13. The summed E-state index contributed by atoms with van der Waals surface area (Å²) in [6.45, 7) is 7.25. The Kier molecular flexibility index (Phi) is 14.7. The van der Waals surface area contributed by atoms with Crippen molar-refractivity contribution in [1.82, 2.24) is 10.6 Å². The zero-order valence-electron chi connectivity index (χ0n) is 18.0. The van der Waals surface area contributed by atoms with Gasteiger partial charge in [0.25, 0.3) is 0 Å². The Bertz CT molecular complexity index is 558. The molecule has 28 heavy (non-hydrogen) atoms. The first-order valence-corrected chi connectivity index (χ1v) is 9.36. The molecule has 1 rings (SSSR count). The van der Waals surface area contributed by atoms with E-state index >= 15 is 0 Å². The Morgan fingerprint density at radius 3 is 2.07 bits per heavy atom. The maximum atomic E-state index is 5.61. The lowest BCUT2D eigenvalue weighted by atomic mass is 10.1.